The molecule has 1 aromatic rings. The van der Waals surface area contributed by atoms with Crippen molar-refractivity contribution in [1.82, 2.24) is 5.32 Å². The van der Waals surface area contributed by atoms with Gasteiger partial charge < -0.3 is 16.0 Å². The SMILES string of the molecule is Cc1cc(C)cc(N(C)C(=O)C(=O)NCC(N)=S)c1. The molecule has 0 heterocycles. The number of anilines is 1. The van der Waals surface area contributed by atoms with Crippen molar-refractivity contribution in [2.45, 2.75) is 13.8 Å². The van der Waals surface area contributed by atoms with E-state index in [1.807, 2.05) is 32.0 Å². The summed E-state index contributed by atoms with van der Waals surface area (Å²) in [4.78, 5) is 25.0. The Kier molecular flexibility index (Phi) is 5.00. The average Bonchev–Trinajstić information content (AvgIpc) is 2.32. The number of benzene rings is 1. The van der Waals surface area contributed by atoms with E-state index < -0.39 is 11.8 Å². The van der Waals surface area contributed by atoms with Crippen molar-refractivity contribution < 1.29 is 9.59 Å². The molecule has 5 nitrogen and oxygen atoms in total. The molecule has 6 heteroatoms. The van der Waals surface area contributed by atoms with Crippen molar-refractivity contribution in [2.24, 2.45) is 5.73 Å². The van der Waals surface area contributed by atoms with Gasteiger partial charge in [-0.3, -0.25) is 9.59 Å². The highest BCUT2D eigenvalue weighted by molar-refractivity contribution is 7.80. The van der Waals surface area contributed by atoms with E-state index in [0.717, 1.165) is 11.1 Å². The molecule has 1 aromatic carbocycles. The number of hydrogen-bond donors (Lipinski definition) is 2. The van der Waals surface area contributed by atoms with Crippen LogP contribution in [-0.4, -0.2) is 30.4 Å². The number of nitrogens with two attached hydrogens (primary N) is 1. The molecule has 0 unspecified atom stereocenters. The molecule has 102 valence electrons. The summed E-state index contributed by atoms with van der Waals surface area (Å²) < 4.78 is 0. The fourth-order valence-electron chi connectivity index (χ4n) is 1.66. The normalized spacial score (nSPS) is 9.84. The standard InChI is InChI=1S/C13H17N3O2S/c1-8-4-9(2)6-10(5-8)16(3)13(18)12(17)15-7-11(14)19/h4-6H,7H2,1-3H3,(H2,14,19)(H,15,17). The van der Waals surface area contributed by atoms with Crippen LogP contribution in [0.2, 0.25) is 0 Å². The third-order valence-electron chi connectivity index (χ3n) is 2.52. The van der Waals surface area contributed by atoms with Crippen molar-refractivity contribution in [2.75, 3.05) is 18.5 Å². The van der Waals surface area contributed by atoms with Crippen molar-refractivity contribution >= 4 is 34.7 Å². The summed E-state index contributed by atoms with van der Waals surface area (Å²) in [5, 5.41) is 2.37. The summed E-state index contributed by atoms with van der Waals surface area (Å²) >= 11 is 4.63. The Morgan fingerprint density at radius 1 is 1.26 bits per heavy atom. The molecular weight excluding hydrogens is 262 g/mol. The van der Waals surface area contributed by atoms with E-state index in [9.17, 15) is 9.59 Å². The second-order valence-electron chi connectivity index (χ2n) is 4.36. The molecule has 2 amide bonds. The highest BCUT2D eigenvalue weighted by Crippen LogP contribution is 2.17. The fraction of sp³-hybridized carbons (Fsp3) is 0.308. The monoisotopic (exact) mass is 279 g/mol. The van der Waals surface area contributed by atoms with Crippen molar-refractivity contribution in [1.29, 1.82) is 0 Å². The predicted octanol–water partition coefficient (Wildman–Crippen LogP) is 0.669. The summed E-state index contributed by atoms with van der Waals surface area (Å²) in [6, 6.07) is 5.67. The minimum Gasteiger partial charge on any atom is -0.392 e. The second-order valence-corrected chi connectivity index (χ2v) is 4.88. The molecule has 0 aliphatic carbocycles. The van der Waals surface area contributed by atoms with Crippen molar-refractivity contribution in [3.8, 4) is 0 Å². The molecule has 0 saturated heterocycles. The lowest BCUT2D eigenvalue weighted by Gasteiger charge is -2.18. The Hall–Kier alpha value is -1.95. The molecular formula is C13H17N3O2S. The lowest BCUT2D eigenvalue weighted by atomic mass is 10.1. The lowest BCUT2D eigenvalue weighted by Crippen LogP contribution is -2.43. The third-order valence-corrected chi connectivity index (χ3v) is 2.66. The zero-order valence-electron chi connectivity index (χ0n) is 11.2. The zero-order chi connectivity index (χ0) is 14.6. The van der Waals surface area contributed by atoms with E-state index in [0.29, 0.717) is 5.69 Å². The number of nitrogens with one attached hydrogen (secondary N) is 1. The quantitative estimate of drug-likeness (QED) is 0.630. The van der Waals surface area contributed by atoms with Gasteiger partial charge in [0.1, 0.15) is 0 Å². The van der Waals surface area contributed by atoms with Gasteiger partial charge in [0.05, 0.1) is 11.5 Å². The predicted molar refractivity (Wildman–Crippen MR) is 79.1 cm³/mol. The summed E-state index contributed by atoms with van der Waals surface area (Å²) in [6.07, 6.45) is 0. The number of rotatable bonds is 3. The van der Waals surface area contributed by atoms with Gasteiger partial charge in [0.25, 0.3) is 0 Å². The second kappa shape index (κ2) is 6.29. The molecule has 0 saturated carbocycles. The van der Waals surface area contributed by atoms with Gasteiger partial charge in [0.2, 0.25) is 0 Å². The maximum absolute atomic E-state index is 11.9. The minimum absolute atomic E-state index is 0.0145. The number of likely N-dealkylation sites (N-methyl/N-ethyl adjacent to an activating group) is 1. The maximum atomic E-state index is 11.9. The first-order valence-corrected chi connectivity index (χ1v) is 6.14. The van der Waals surface area contributed by atoms with Crippen LogP contribution in [0.5, 0.6) is 0 Å². The Morgan fingerprint density at radius 3 is 2.26 bits per heavy atom. The van der Waals surface area contributed by atoms with E-state index in [4.69, 9.17) is 5.73 Å². The van der Waals surface area contributed by atoms with Crippen molar-refractivity contribution in [3.05, 3.63) is 29.3 Å². The molecule has 0 spiro atoms. The first kappa shape index (κ1) is 15.1. The van der Waals surface area contributed by atoms with Gasteiger partial charge in [-0.15, -0.1) is 0 Å². The van der Waals surface area contributed by atoms with Gasteiger partial charge in [-0.05, 0) is 37.1 Å². The molecule has 19 heavy (non-hydrogen) atoms. The molecule has 0 atom stereocenters. The van der Waals surface area contributed by atoms with E-state index in [1.54, 1.807) is 7.05 Å². The van der Waals surface area contributed by atoms with Crippen molar-refractivity contribution in [3.63, 3.8) is 0 Å². The van der Waals surface area contributed by atoms with Gasteiger partial charge in [-0.1, -0.05) is 18.3 Å². The van der Waals surface area contributed by atoms with Crippen LogP contribution in [0.1, 0.15) is 11.1 Å². The van der Waals surface area contributed by atoms with Crippen LogP contribution in [0, 0.1) is 13.8 Å². The molecule has 0 aliphatic heterocycles. The Labute approximate surface area is 117 Å². The third kappa shape index (κ3) is 4.33. The largest absolute Gasteiger partial charge is 0.392 e. The summed E-state index contributed by atoms with van der Waals surface area (Å²) in [5.41, 5.74) is 7.99. The highest BCUT2D eigenvalue weighted by atomic mass is 32.1. The lowest BCUT2D eigenvalue weighted by molar-refractivity contribution is -0.137. The summed E-state index contributed by atoms with van der Waals surface area (Å²) in [6.45, 7) is 3.88. The number of amides is 2. The molecule has 0 bridgehead atoms. The van der Waals surface area contributed by atoms with Crippen LogP contribution in [0.3, 0.4) is 0 Å². The van der Waals surface area contributed by atoms with E-state index >= 15 is 0 Å². The van der Waals surface area contributed by atoms with Crippen LogP contribution in [0.15, 0.2) is 18.2 Å². The van der Waals surface area contributed by atoms with Gasteiger partial charge in [0.15, 0.2) is 0 Å². The minimum atomic E-state index is -0.727. The Morgan fingerprint density at radius 2 is 1.79 bits per heavy atom. The van der Waals surface area contributed by atoms with Crippen LogP contribution < -0.4 is 16.0 Å². The first-order chi connectivity index (χ1) is 8.81. The molecule has 0 aromatic heterocycles. The smallest absolute Gasteiger partial charge is 0.316 e. The van der Waals surface area contributed by atoms with Crippen LogP contribution in [0.25, 0.3) is 0 Å². The van der Waals surface area contributed by atoms with Gasteiger partial charge in [-0.25, -0.2) is 0 Å². The number of aryl methyl sites for hydroxylation is 2. The van der Waals surface area contributed by atoms with Crippen LogP contribution >= 0.6 is 12.2 Å². The first-order valence-electron chi connectivity index (χ1n) is 5.73. The number of nitrogens with zero attached hydrogens (tertiary/aromatic N) is 1. The molecule has 3 N–H and O–H groups in total. The van der Waals surface area contributed by atoms with Crippen LogP contribution in [-0.2, 0) is 9.59 Å². The average molecular weight is 279 g/mol. The van der Waals surface area contributed by atoms with Crippen LogP contribution in [0.4, 0.5) is 5.69 Å². The summed E-state index contributed by atoms with van der Waals surface area (Å²) in [5.74, 6) is -1.38. The zero-order valence-corrected chi connectivity index (χ0v) is 12.0. The topological polar surface area (TPSA) is 75.4 Å². The number of carbonyl (C=O) groups is 2. The number of thiocarbonyl (C=S) groups is 1. The van der Waals surface area contributed by atoms with Gasteiger partial charge in [0, 0.05) is 12.7 Å². The highest BCUT2D eigenvalue weighted by Gasteiger charge is 2.19. The molecule has 0 radical (unpaired) electrons. The molecule has 0 fully saturated rings. The molecule has 1 rings (SSSR count). The van der Waals surface area contributed by atoms with E-state index in [2.05, 4.69) is 17.5 Å². The number of hydrogen-bond acceptors (Lipinski definition) is 3. The van der Waals surface area contributed by atoms with E-state index in [-0.39, 0.29) is 11.5 Å². The summed E-state index contributed by atoms with van der Waals surface area (Å²) in [7, 11) is 1.55. The van der Waals surface area contributed by atoms with E-state index in [1.165, 1.54) is 4.90 Å². The van der Waals surface area contributed by atoms with Gasteiger partial charge >= 0.3 is 11.8 Å². The Bertz CT molecular complexity index is 508. The number of carbonyl (C=O) groups excluding carboxylic acids is 2. The maximum Gasteiger partial charge on any atom is 0.316 e. The Balaban J connectivity index is 2.81. The molecule has 0 aliphatic rings. The van der Waals surface area contributed by atoms with Gasteiger partial charge in [-0.2, -0.15) is 0 Å². The fourth-order valence-corrected chi connectivity index (χ4v) is 1.73.